The van der Waals surface area contributed by atoms with E-state index in [0.717, 1.165) is 31.0 Å². The van der Waals surface area contributed by atoms with Gasteiger partial charge < -0.3 is 5.32 Å². The first-order chi connectivity index (χ1) is 9.22. The van der Waals surface area contributed by atoms with Gasteiger partial charge in [-0.2, -0.15) is 0 Å². The summed E-state index contributed by atoms with van der Waals surface area (Å²) in [5.74, 6) is 1.04. The third kappa shape index (κ3) is 3.93. The van der Waals surface area contributed by atoms with Gasteiger partial charge in [0.05, 0.1) is 5.02 Å². The summed E-state index contributed by atoms with van der Waals surface area (Å²) in [4.78, 5) is 0. The van der Waals surface area contributed by atoms with Gasteiger partial charge in [-0.05, 0) is 43.0 Å². The molecule has 0 saturated heterocycles. The molecule has 0 heterocycles. The molecule has 0 bridgehead atoms. The van der Waals surface area contributed by atoms with Gasteiger partial charge in [-0.15, -0.1) is 0 Å². The standard InChI is InChI=1S/C16H23ClFN/c1-2-19-11-14(12-6-3-4-7-12)10-13-8-5-9-15(18)16(13)17/h5,8-9,12,14,19H,2-4,6-7,10-11H2,1H3. The highest BCUT2D eigenvalue weighted by molar-refractivity contribution is 6.31. The molecule has 1 aromatic rings. The summed E-state index contributed by atoms with van der Waals surface area (Å²) in [7, 11) is 0. The van der Waals surface area contributed by atoms with E-state index in [2.05, 4.69) is 12.2 Å². The van der Waals surface area contributed by atoms with E-state index in [4.69, 9.17) is 11.6 Å². The predicted molar refractivity (Wildman–Crippen MR) is 79.1 cm³/mol. The summed E-state index contributed by atoms with van der Waals surface area (Å²) in [6.45, 7) is 4.12. The van der Waals surface area contributed by atoms with Crippen LogP contribution in [0.15, 0.2) is 18.2 Å². The highest BCUT2D eigenvalue weighted by Gasteiger charge is 2.25. The molecule has 1 atom stereocenters. The minimum Gasteiger partial charge on any atom is -0.317 e. The van der Waals surface area contributed by atoms with E-state index in [0.29, 0.717) is 10.9 Å². The zero-order chi connectivity index (χ0) is 13.7. The fraction of sp³-hybridized carbons (Fsp3) is 0.625. The van der Waals surface area contributed by atoms with Crippen LogP contribution < -0.4 is 5.32 Å². The van der Waals surface area contributed by atoms with Crippen LogP contribution in [0.4, 0.5) is 4.39 Å². The predicted octanol–water partition coefficient (Wildman–Crippen LogP) is 4.44. The molecule has 1 aliphatic rings. The van der Waals surface area contributed by atoms with Crippen molar-refractivity contribution in [2.45, 2.75) is 39.0 Å². The Bertz CT molecular complexity index is 402. The van der Waals surface area contributed by atoms with E-state index in [9.17, 15) is 4.39 Å². The largest absolute Gasteiger partial charge is 0.317 e. The van der Waals surface area contributed by atoms with E-state index in [1.807, 2.05) is 6.07 Å². The van der Waals surface area contributed by atoms with Crippen LogP contribution in [0.1, 0.15) is 38.2 Å². The molecule has 3 heteroatoms. The summed E-state index contributed by atoms with van der Waals surface area (Å²) in [5, 5.41) is 3.75. The number of nitrogens with one attached hydrogen (secondary N) is 1. The van der Waals surface area contributed by atoms with Crippen molar-refractivity contribution >= 4 is 11.6 Å². The second-order valence-electron chi connectivity index (χ2n) is 5.53. The Balaban J connectivity index is 2.07. The molecular formula is C16H23ClFN. The van der Waals surface area contributed by atoms with E-state index in [-0.39, 0.29) is 5.82 Å². The summed E-state index contributed by atoms with van der Waals surface area (Å²) in [5.41, 5.74) is 0.955. The molecule has 1 N–H and O–H groups in total. The number of benzene rings is 1. The molecule has 0 aliphatic heterocycles. The van der Waals surface area contributed by atoms with Crippen LogP contribution in [0.3, 0.4) is 0 Å². The molecule has 0 aromatic heterocycles. The third-order valence-electron chi connectivity index (χ3n) is 4.24. The van der Waals surface area contributed by atoms with Crippen molar-refractivity contribution in [2.75, 3.05) is 13.1 Å². The van der Waals surface area contributed by atoms with Crippen molar-refractivity contribution in [1.29, 1.82) is 0 Å². The maximum absolute atomic E-state index is 13.5. The van der Waals surface area contributed by atoms with E-state index in [1.165, 1.54) is 31.7 Å². The minimum absolute atomic E-state index is 0.298. The monoisotopic (exact) mass is 283 g/mol. The molecule has 1 unspecified atom stereocenters. The smallest absolute Gasteiger partial charge is 0.142 e. The number of halogens is 2. The number of rotatable bonds is 6. The molecule has 1 nitrogen and oxygen atoms in total. The first-order valence-electron chi connectivity index (χ1n) is 7.36. The van der Waals surface area contributed by atoms with Crippen molar-refractivity contribution < 1.29 is 4.39 Å². The van der Waals surface area contributed by atoms with Gasteiger partial charge in [-0.1, -0.05) is 56.3 Å². The van der Waals surface area contributed by atoms with Crippen molar-refractivity contribution in [3.05, 3.63) is 34.6 Å². The average molecular weight is 284 g/mol. The van der Waals surface area contributed by atoms with Gasteiger partial charge in [0.15, 0.2) is 0 Å². The Hall–Kier alpha value is -0.600. The summed E-state index contributed by atoms with van der Waals surface area (Å²) in [6, 6.07) is 5.15. The molecule has 0 spiro atoms. The van der Waals surface area contributed by atoms with E-state index >= 15 is 0 Å². The van der Waals surface area contributed by atoms with Gasteiger partial charge in [0.2, 0.25) is 0 Å². The minimum atomic E-state index is -0.298. The van der Waals surface area contributed by atoms with Gasteiger partial charge >= 0.3 is 0 Å². The van der Waals surface area contributed by atoms with Crippen molar-refractivity contribution in [2.24, 2.45) is 11.8 Å². The highest BCUT2D eigenvalue weighted by Crippen LogP contribution is 2.34. The van der Waals surface area contributed by atoms with E-state index < -0.39 is 0 Å². The summed E-state index contributed by atoms with van der Waals surface area (Å²) >= 11 is 6.08. The molecule has 1 aromatic carbocycles. The fourth-order valence-corrected chi connectivity index (χ4v) is 3.36. The lowest BCUT2D eigenvalue weighted by atomic mass is 9.85. The van der Waals surface area contributed by atoms with Crippen LogP contribution in [0, 0.1) is 17.7 Å². The normalized spacial score (nSPS) is 17.8. The van der Waals surface area contributed by atoms with Gasteiger partial charge in [0.25, 0.3) is 0 Å². The Morgan fingerprint density at radius 3 is 2.79 bits per heavy atom. The average Bonchev–Trinajstić information content (AvgIpc) is 2.93. The lowest BCUT2D eigenvalue weighted by molar-refractivity contribution is 0.323. The Morgan fingerprint density at radius 2 is 2.11 bits per heavy atom. The Morgan fingerprint density at radius 1 is 1.37 bits per heavy atom. The van der Waals surface area contributed by atoms with Crippen LogP contribution in [-0.2, 0) is 6.42 Å². The number of hydrogen-bond donors (Lipinski definition) is 1. The molecule has 1 aliphatic carbocycles. The summed E-state index contributed by atoms with van der Waals surface area (Å²) < 4.78 is 13.5. The fourth-order valence-electron chi connectivity index (χ4n) is 3.15. The van der Waals surface area contributed by atoms with Crippen molar-refractivity contribution in [3.8, 4) is 0 Å². The molecular weight excluding hydrogens is 261 g/mol. The molecule has 1 fully saturated rings. The van der Waals surface area contributed by atoms with Gasteiger partial charge in [0.1, 0.15) is 5.82 Å². The molecule has 106 valence electrons. The quantitative estimate of drug-likeness (QED) is 0.814. The molecule has 1 saturated carbocycles. The molecule has 0 radical (unpaired) electrons. The second kappa shape index (κ2) is 7.25. The topological polar surface area (TPSA) is 12.0 Å². The van der Waals surface area contributed by atoms with Gasteiger partial charge in [-0.3, -0.25) is 0 Å². The molecule has 0 amide bonds. The van der Waals surface area contributed by atoms with Gasteiger partial charge in [0, 0.05) is 0 Å². The maximum atomic E-state index is 13.5. The zero-order valence-corrected chi connectivity index (χ0v) is 12.3. The zero-order valence-electron chi connectivity index (χ0n) is 11.6. The van der Waals surface area contributed by atoms with Crippen molar-refractivity contribution in [3.63, 3.8) is 0 Å². The lowest BCUT2D eigenvalue weighted by Crippen LogP contribution is -2.29. The Labute approximate surface area is 120 Å². The van der Waals surface area contributed by atoms with Crippen LogP contribution in [-0.4, -0.2) is 13.1 Å². The molecule has 2 rings (SSSR count). The summed E-state index contributed by atoms with van der Waals surface area (Å²) in [6.07, 6.45) is 6.18. The van der Waals surface area contributed by atoms with Crippen LogP contribution in [0.25, 0.3) is 0 Å². The SMILES string of the molecule is CCNCC(Cc1cccc(F)c1Cl)C1CCCC1. The van der Waals surface area contributed by atoms with Crippen LogP contribution >= 0.6 is 11.6 Å². The van der Waals surface area contributed by atoms with Crippen LogP contribution in [0.5, 0.6) is 0 Å². The van der Waals surface area contributed by atoms with Crippen LogP contribution in [0.2, 0.25) is 5.02 Å². The molecule has 19 heavy (non-hydrogen) atoms. The first kappa shape index (κ1) is 14.8. The Kier molecular flexibility index (Phi) is 5.65. The lowest BCUT2D eigenvalue weighted by Gasteiger charge is -2.24. The van der Waals surface area contributed by atoms with Crippen molar-refractivity contribution in [1.82, 2.24) is 5.32 Å². The van der Waals surface area contributed by atoms with Gasteiger partial charge in [-0.25, -0.2) is 4.39 Å². The third-order valence-corrected chi connectivity index (χ3v) is 4.66. The van der Waals surface area contributed by atoms with E-state index in [1.54, 1.807) is 6.07 Å². The first-order valence-corrected chi connectivity index (χ1v) is 7.73. The highest BCUT2D eigenvalue weighted by atomic mass is 35.5. The maximum Gasteiger partial charge on any atom is 0.142 e. The number of hydrogen-bond acceptors (Lipinski definition) is 1. The second-order valence-corrected chi connectivity index (χ2v) is 5.91.